The maximum absolute atomic E-state index is 13.9. The Hall–Kier alpha value is -0.740. The van der Waals surface area contributed by atoms with Gasteiger partial charge < -0.3 is 10.8 Å². The van der Waals surface area contributed by atoms with E-state index < -0.39 is 5.92 Å². The van der Waals surface area contributed by atoms with Crippen molar-refractivity contribution in [3.8, 4) is 0 Å². The number of hydrogen-bond acceptors (Lipinski definition) is 2. The van der Waals surface area contributed by atoms with E-state index >= 15 is 0 Å². The minimum absolute atomic E-state index is 0.107. The minimum atomic E-state index is -0.454. The van der Waals surface area contributed by atoms with Crippen LogP contribution in [0.2, 0.25) is 0 Å². The van der Waals surface area contributed by atoms with Gasteiger partial charge >= 0.3 is 0 Å². The molecule has 1 fully saturated rings. The van der Waals surface area contributed by atoms with Crippen molar-refractivity contribution in [2.45, 2.75) is 38.2 Å². The van der Waals surface area contributed by atoms with Gasteiger partial charge in [0.1, 0.15) is 11.7 Å². The first-order valence-corrected chi connectivity index (χ1v) is 6.17. The SMILES string of the molecule is NC[C@]1(C2CC(F)=CC=C2F)CC[C@@H](O)CC1. The predicted molar refractivity (Wildman–Crippen MR) is 62.5 cm³/mol. The van der Waals surface area contributed by atoms with Gasteiger partial charge in [0.15, 0.2) is 0 Å². The lowest BCUT2D eigenvalue weighted by molar-refractivity contribution is 0.0320. The number of halogens is 2. The number of aliphatic hydroxyl groups excluding tert-OH is 1. The topological polar surface area (TPSA) is 46.2 Å². The van der Waals surface area contributed by atoms with Crippen molar-refractivity contribution in [3.05, 3.63) is 23.8 Å². The lowest BCUT2D eigenvalue weighted by Gasteiger charge is -2.44. The van der Waals surface area contributed by atoms with E-state index in [9.17, 15) is 13.9 Å². The monoisotopic (exact) mass is 243 g/mol. The van der Waals surface area contributed by atoms with Crippen LogP contribution in [0.3, 0.4) is 0 Å². The molecule has 1 atom stereocenters. The van der Waals surface area contributed by atoms with Crippen LogP contribution in [0.5, 0.6) is 0 Å². The first-order chi connectivity index (χ1) is 8.07. The average molecular weight is 243 g/mol. The first kappa shape index (κ1) is 12.7. The fourth-order valence-electron chi connectivity index (χ4n) is 3.03. The van der Waals surface area contributed by atoms with Crippen molar-refractivity contribution in [1.29, 1.82) is 0 Å². The Morgan fingerprint density at radius 3 is 2.53 bits per heavy atom. The van der Waals surface area contributed by atoms with Crippen LogP contribution in [-0.4, -0.2) is 17.8 Å². The van der Waals surface area contributed by atoms with Crippen LogP contribution >= 0.6 is 0 Å². The Morgan fingerprint density at radius 2 is 1.94 bits per heavy atom. The smallest absolute Gasteiger partial charge is 0.104 e. The third kappa shape index (κ3) is 2.43. The predicted octanol–water partition coefficient (Wildman–Crippen LogP) is 2.59. The van der Waals surface area contributed by atoms with Crippen molar-refractivity contribution >= 4 is 0 Å². The van der Waals surface area contributed by atoms with Gasteiger partial charge in [0.05, 0.1) is 6.10 Å². The molecule has 1 unspecified atom stereocenters. The highest BCUT2D eigenvalue weighted by molar-refractivity contribution is 5.22. The lowest BCUT2D eigenvalue weighted by Crippen LogP contribution is -2.43. The number of nitrogens with two attached hydrogens (primary N) is 1. The summed E-state index contributed by atoms with van der Waals surface area (Å²) in [6.45, 7) is 0.346. The lowest BCUT2D eigenvalue weighted by atomic mass is 9.63. The molecule has 2 aliphatic carbocycles. The van der Waals surface area contributed by atoms with Crippen molar-refractivity contribution in [3.63, 3.8) is 0 Å². The molecule has 0 aromatic rings. The Kier molecular flexibility index (Phi) is 3.64. The molecule has 1 saturated carbocycles. The highest BCUT2D eigenvalue weighted by Crippen LogP contribution is 2.48. The zero-order valence-corrected chi connectivity index (χ0v) is 9.83. The fraction of sp³-hybridized carbons (Fsp3) is 0.692. The van der Waals surface area contributed by atoms with Crippen LogP contribution in [0.15, 0.2) is 23.8 Å². The molecule has 0 aliphatic heterocycles. The number of allylic oxidation sites excluding steroid dienone is 4. The molecule has 2 nitrogen and oxygen atoms in total. The normalized spacial score (nSPS) is 38.6. The molecule has 3 N–H and O–H groups in total. The standard InChI is InChI=1S/C13H19F2NO/c14-9-1-2-12(15)11(7-9)13(8-16)5-3-10(17)4-6-13/h1-2,10-11,17H,3-8,16H2/t10-,11?,13+. The van der Waals surface area contributed by atoms with E-state index in [0.717, 1.165) is 0 Å². The van der Waals surface area contributed by atoms with Crippen LogP contribution in [-0.2, 0) is 0 Å². The van der Waals surface area contributed by atoms with E-state index in [2.05, 4.69) is 0 Å². The summed E-state index contributed by atoms with van der Waals surface area (Å²) in [5.74, 6) is -1.01. The van der Waals surface area contributed by atoms with E-state index in [1.165, 1.54) is 12.2 Å². The number of hydrogen-bond donors (Lipinski definition) is 2. The van der Waals surface area contributed by atoms with Gasteiger partial charge in [-0.05, 0) is 49.8 Å². The van der Waals surface area contributed by atoms with E-state index in [1.807, 2.05) is 0 Å². The van der Waals surface area contributed by atoms with Gasteiger partial charge in [-0.3, -0.25) is 0 Å². The maximum atomic E-state index is 13.9. The van der Waals surface area contributed by atoms with Crippen LogP contribution in [0.4, 0.5) is 8.78 Å². The van der Waals surface area contributed by atoms with Crippen molar-refractivity contribution in [1.82, 2.24) is 0 Å². The molecule has 0 amide bonds. The maximum Gasteiger partial charge on any atom is 0.104 e. The Balaban J connectivity index is 2.19. The molecule has 2 rings (SSSR count). The van der Waals surface area contributed by atoms with Crippen molar-refractivity contribution < 1.29 is 13.9 Å². The number of aliphatic hydroxyl groups is 1. The van der Waals surface area contributed by atoms with Gasteiger partial charge in [-0.2, -0.15) is 0 Å². The quantitative estimate of drug-likeness (QED) is 0.783. The molecular weight excluding hydrogens is 224 g/mol. The van der Waals surface area contributed by atoms with Crippen LogP contribution in [0.1, 0.15) is 32.1 Å². The molecule has 96 valence electrons. The third-order valence-electron chi connectivity index (χ3n) is 4.25. The molecule has 0 radical (unpaired) electrons. The van der Waals surface area contributed by atoms with Crippen molar-refractivity contribution in [2.75, 3.05) is 6.54 Å². The summed E-state index contributed by atoms with van der Waals surface area (Å²) in [4.78, 5) is 0. The summed E-state index contributed by atoms with van der Waals surface area (Å²) in [5, 5.41) is 9.52. The minimum Gasteiger partial charge on any atom is -0.393 e. The average Bonchev–Trinajstić information content (AvgIpc) is 2.34. The van der Waals surface area contributed by atoms with Crippen LogP contribution < -0.4 is 5.73 Å². The Morgan fingerprint density at radius 1 is 1.29 bits per heavy atom. The summed E-state index contributed by atoms with van der Waals surface area (Å²) >= 11 is 0. The van der Waals surface area contributed by atoms with Crippen LogP contribution in [0.25, 0.3) is 0 Å². The second-order valence-electron chi connectivity index (χ2n) is 5.22. The molecule has 0 saturated heterocycles. The fourth-order valence-corrected chi connectivity index (χ4v) is 3.03. The van der Waals surface area contributed by atoms with E-state index in [-0.39, 0.29) is 29.6 Å². The Labute approximate surface area is 100 Å². The molecule has 0 spiro atoms. The molecule has 17 heavy (non-hydrogen) atoms. The second kappa shape index (κ2) is 4.86. The molecule has 0 bridgehead atoms. The highest BCUT2D eigenvalue weighted by atomic mass is 19.1. The summed E-state index contributed by atoms with van der Waals surface area (Å²) in [7, 11) is 0. The Bertz CT molecular complexity index is 343. The van der Waals surface area contributed by atoms with E-state index in [0.29, 0.717) is 32.2 Å². The molecule has 0 aromatic carbocycles. The van der Waals surface area contributed by atoms with E-state index in [4.69, 9.17) is 5.73 Å². The zero-order valence-electron chi connectivity index (χ0n) is 9.83. The van der Waals surface area contributed by atoms with Crippen LogP contribution in [0, 0.1) is 11.3 Å². The van der Waals surface area contributed by atoms with E-state index in [1.54, 1.807) is 0 Å². The largest absolute Gasteiger partial charge is 0.393 e. The molecule has 0 aromatic heterocycles. The summed E-state index contributed by atoms with van der Waals surface area (Å²) in [6.07, 6.45) is 4.80. The van der Waals surface area contributed by atoms with Crippen molar-refractivity contribution in [2.24, 2.45) is 17.1 Å². The molecule has 4 heteroatoms. The summed E-state index contributed by atoms with van der Waals surface area (Å²) in [5.41, 5.74) is 5.42. The third-order valence-corrected chi connectivity index (χ3v) is 4.25. The van der Waals surface area contributed by atoms with Gasteiger partial charge in [0.25, 0.3) is 0 Å². The highest BCUT2D eigenvalue weighted by Gasteiger charge is 2.43. The molecule has 0 heterocycles. The summed E-state index contributed by atoms with van der Waals surface area (Å²) in [6, 6.07) is 0. The molecule has 2 aliphatic rings. The second-order valence-corrected chi connectivity index (χ2v) is 5.22. The van der Waals surface area contributed by atoms with Gasteiger partial charge in [-0.15, -0.1) is 0 Å². The zero-order chi connectivity index (χ0) is 12.5. The van der Waals surface area contributed by atoms with Gasteiger partial charge in [0.2, 0.25) is 0 Å². The number of rotatable bonds is 2. The first-order valence-electron chi connectivity index (χ1n) is 6.17. The van der Waals surface area contributed by atoms with Gasteiger partial charge in [-0.25, -0.2) is 8.78 Å². The summed E-state index contributed by atoms with van der Waals surface area (Å²) < 4.78 is 27.2. The molecular formula is C13H19F2NO. The van der Waals surface area contributed by atoms with Gasteiger partial charge in [0, 0.05) is 12.3 Å². The van der Waals surface area contributed by atoms with Gasteiger partial charge in [-0.1, -0.05) is 0 Å².